The van der Waals surface area contributed by atoms with Crippen LogP contribution in [0.25, 0.3) is 0 Å². The van der Waals surface area contributed by atoms with Crippen LogP contribution in [0.2, 0.25) is 0 Å². The van der Waals surface area contributed by atoms with Crippen LogP contribution >= 0.6 is 11.6 Å². The van der Waals surface area contributed by atoms with Crippen LogP contribution < -0.4 is 0 Å². The Morgan fingerprint density at radius 3 is 2.29 bits per heavy atom. The topological polar surface area (TPSA) is 37.3 Å². The molecule has 0 saturated carbocycles. The lowest BCUT2D eigenvalue weighted by Crippen LogP contribution is -2.30. The van der Waals surface area contributed by atoms with E-state index in [1.165, 1.54) is 0 Å². The maximum Gasteiger partial charge on any atom is 0.140 e. The van der Waals surface area contributed by atoms with E-state index in [0.29, 0.717) is 0 Å². The van der Waals surface area contributed by atoms with Crippen molar-refractivity contribution in [2.45, 2.75) is 58.4 Å². The molecule has 0 unspecified atom stereocenters. The number of ketones is 1. The van der Waals surface area contributed by atoms with Crippen molar-refractivity contribution in [3.63, 3.8) is 0 Å². The number of hydrogen-bond donors (Lipinski definition) is 1. The van der Waals surface area contributed by atoms with Gasteiger partial charge in [-0.1, -0.05) is 34.1 Å². The van der Waals surface area contributed by atoms with E-state index >= 15 is 0 Å². The molecule has 0 aromatic heterocycles. The lowest BCUT2D eigenvalue weighted by molar-refractivity contribution is -0.128. The Bertz CT molecular complexity index is 184. The summed E-state index contributed by atoms with van der Waals surface area (Å²) in [5.41, 5.74) is -0.385. The van der Waals surface area contributed by atoms with Gasteiger partial charge in [0, 0.05) is 11.8 Å². The van der Waals surface area contributed by atoms with E-state index in [0.717, 1.165) is 12.8 Å². The zero-order chi connectivity index (χ0) is 11.4. The van der Waals surface area contributed by atoms with Gasteiger partial charge in [0.1, 0.15) is 5.78 Å². The minimum atomic E-state index is -0.705. The van der Waals surface area contributed by atoms with E-state index in [9.17, 15) is 9.90 Å². The molecule has 0 amide bonds. The number of aliphatic hydroxyl groups excluding tert-OH is 1. The van der Waals surface area contributed by atoms with Crippen molar-refractivity contribution in [1.29, 1.82) is 0 Å². The first-order valence-corrected chi connectivity index (χ1v) is 5.58. The highest BCUT2D eigenvalue weighted by Crippen LogP contribution is 2.21. The fourth-order valence-corrected chi connectivity index (χ4v) is 1.40. The number of hydrogen-bond acceptors (Lipinski definition) is 2. The van der Waals surface area contributed by atoms with Gasteiger partial charge in [0.25, 0.3) is 0 Å². The molecule has 0 heterocycles. The van der Waals surface area contributed by atoms with Gasteiger partial charge >= 0.3 is 0 Å². The van der Waals surface area contributed by atoms with E-state index in [1.807, 2.05) is 27.7 Å². The first-order valence-electron chi connectivity index (χ1n) is 5.14. The van der Waals surface area contributed by atoms with Crippen molar-refractivity contribution >= 4 is 17.4 Å². The molecule has 2 atom stereocenters. The average Bonchev–Trinajstić information content (AvgIpc) is 2.02. The molecule has 1 N–H and O–H groups in total. The Kier molecular flexibility index (Phi) is 5.68. The summed E-state index contributed by atoms with van der Waals surface area (Å²) in [7, 11) is 0. The smallest absolute Gasteiger partial charge is 0.140 e. The zero-order valence-electron chi connectivity index (χ0n) is 9.51. The molecule has 0 fully saturated rings. The number of Topliss-reactive ketones (excluding diaryl/α,β-unsaturated/α-hetero) is 1. The number of halogens is 1. The van der Waals surface area contributed by atoms with Gasteiger partial charge in [0.2, 0.25) is 0 Å². The van der Waals surface area contributed by atoms with E-state index in [-0.39, 0.29) is 23.0 Å². The van der Waals surface area contributed by atoms with Crippen molar-refractivity contribution in [1.82, 2.24) is 0 Å². The van der Waals surface area contributed by atoms with Crippen LogP contribution in [-0.2, 0) is 4.79 Å². The first-order chi connectivity index (χ1) is 6.29. The molecule has 0 aromatic carbocycles. The molecule has 14 heavy (non-hydrogen) atoms. The van der Waals surface area contributed by atoms with E-state index < -0.39 is 6.10 Å². The molecule has 0 aliphatic carbocycles. The lowest BCUT2D eigenvalue weighted by atomic mass is 9.87. The predicted octanol–water partition coefficient (Wildman–Crippen LogP) is 2.76. The molecule has 0 saturated heterocycles. The monoisotopic (exact) mass is 220 g/mol. The highest BCUT2D eigenvalue weighted by molar-refractivity contribution is 6.21. The molecule has 84 valence electrons. The van der Waals surface area contributed by atoms with Crippen LogP contribution in [0.15, 0.2) is 0 Å². The molecule has 2 nitrogen and oxygen atoms in total. The minimum Gasteiger partial charge on any atom is -0.391 e. The second-order valence-electron chi connectivity index (χ2n) is 4.75. The molecule has 0 spiro atoms. The average molecular weight is 221 g/mol. The zero-order valence-corrected chi connectivity index (χ0v) is 10.3. The molecular formula is C11H21ClO2. The van der Waals surface area contributed by atoms with E-state index in [4.69, 9.17) is 11.6 Å². The highest BCUT2D eigenvalue weighted by Gasteiger charge is 2.26. The third-order valence-electron chi connectivity index (χ3n) is 2.21. The Balaban J connectivity index is 4.06. The third kappa shape index (κ3) is 4.97. The summed E-state index contributed by atoms with van der Waals surface area (Å²) in [6.45, 7) is 7.56. The highest BCUT2D eigenvalue weighted by atomic mass is 35.5. The fourth-order valence-electron chi connectivity index (χ4n) is 1.09. The van der Waals surface area contributed by atoms with Crippen LogP contribution in [-0.4, -0.2) is 22.4 Å². The number of aliphatic hydroxyl groups is 1. The summed E-state index contributed by atoms with van der Waals surface area (Å²) in [4.78, 5) is 11.6. The number of carbonyl (C=O) groups excluding carboxylic acids is 1. The Hall–Kier alpha value is -0.0800. The van der Waals surface area contributed by atoms with Gasteiger partial charge in [-0.15, -0.1) is 11.6 Å². The predicted molar refractivity (Wildman–Crippen MR) is 59.6 cm³/mol. The number of alkyl halides is 1. The Morgan fingerprint density at radius 1 is 1.43 bits per heavy atom. The summed E-state index contributed by atoms with van der Waals surface area (Å²) < 4.78 is 0. The quantitative estimate of drug-likeness (QED) is 0.724. The second kappa shape index (κ2) is 5.72. The maximum absolute atomic E-state index is 11.6. The molecule has 0 radical (unpaired) electrons. The summed E-state index contributed by atoms with van der Waals surface area (Å²) in [5.74, 6) is 0.0618. The molecule has 0 aliphatic rings. The Morgan fingerprint density at radius 2 is 1.93 bits per heavy atom. The molecule has 0 bridgehead atoms. The first kappa shape index (κ1) is 13.9. The SMILES string of the molecule is CCC[C@@H](Cl)[C@@H](O)CC(=O)C(C)(C)C. The van der Waals surface area contributed by atoms with Crippen molar-refractivity contribution in [2.24, 2.45) is 5.41 Å². The molecular weight excluding hydrogens is 200 g/mol. The summed E-state index contributed by atoms with van der Waals surface area (Å²) >= 11 is 5.92. The van der Waals surface area contributed by atoms with Gasteiger partial charge < -0.3 is 5.11 Å². The van der Waals surface area contributed by atoms with Crippen molar-refractivity contribution < 1.29 is 9.90 Å². The minimum absolute atomic E-state index is 0.0618. The van der Waals surface area contributed by atoms with Gasteiger partial charge in [-0.05, 0) is 6.42 Å². The summed E-state index contributed by atoms with van der Waals surface area (Å²) in [6, 6.07) is 0. The van der Waals surface area contributed by atoms with E-state index in [1.54, 1.807) is 0 Å². The maximum atomic E-state index is 11.6. The van der Waals surface area contributed by atoms with Gasteiger partial charge in [-0.3, -0.25) is 4.79 Å². The largest absolute Gasteiger partial charge is 0.391 e. The van der Waals surface area contributed by atoms with Crippen LogP contribution in [0, 0.1) is 5.41 Å². The van der Waals surface area contributed by atoms with Crippen LogP contribution in [0.3, 0.4) is 0 Å². The summed E-state index contributed by atoms with van der Waals surface area (Å²) in [6.07, 6.45) is 1.13. The molecule has 3 heteroatoms. The van der Waals surface area contributed by atoms with Crippen molar-refractivity contribution in [3.8, 4) is 0 Å². The summed E-state index contributed by atoms with van der Waals surface area (Å²) in [5, 5.41) is 9.33. The van der Waals surface area contributed by atoms with Crippen LogP contribution in [0.5, 0.6) is 0 Å². The van der Waals surface area contributed by atoms with Gasteiger partial charge in [-0.2, -0.15) is 0 Å². The molecule has 0 aromatic rings. The van der Waals surface area contributed by atoms with Crippen molar-refractivity contribution in [2.75, 3.05) is 0 Å². The molecule has 0 aliphatic heterocycles. The number of rotatable bonds is 5. The van der Waals surface area contributed by atoms with Gasteiger partial charge in [-0.25, -0.2) is 0 Å². The van der Waals surface area contributed by atoms with Crippen molar-refractivity contribution in [3.05, 3.63) is 0 Å². The van der Waals surface area contributed by atoms with Crippen LogP contribution in [0.1, 0.15) is 47.0 Å². The standard InChI is InChI=1S/C11H21ClO2/c1-5-6-8(12)9(13)7-10(14)11(2,3)4/h8-9,13H,5-7H2,1-4H3/t8-,9+/m1/s1. The van der Waals surface area contributed by atoms with Crippen LogP contribution in [0.4, 0.5) is 0 Å². The lowest BCUT2D eigenvalue weighted by Gasteiger charge is -2.21. The second-order valence-corrected chi connectivity index (χ2v) is 5.31. The fraction of sp³-hybridized carbons (Fsp3) is 0.909. The third-order valence-corrected chi connectivity index (χ3v) is 2.72. The van der Waals surface area contributed by atoms with E-state index in [2.05, 4.69) is 0 Å². The van der Waals surface area contributed by atoms with Gasteiger partial charge in [0.15, 0.2) is 0 Å². The number of carbonyl (C=O) groups is 1. The van der Waals surface area contributed by atoms with Gasteiger partial charge in [0.05, 0.1) is 11.5 Å². The Labute approximate surface area is 91.6 Å². The normalized spacial score (nSPS) is 16.4. The molecule has 0 rings (SSSR count).